The van der Waals surface area contributed by atoms with E-state index in [0.717, 1.165) is 4.88 Å². The molecule has 2 aromatic rings. The Morgan fingerprint density at radius 2 is 2.32 bits per heavy atom. The SMILES string of the molecule is CC(C)C1C=CCN1C(=O)c1cnc(-c2cccs2)[nH]c1=O. The van der Waals surface area contributed by atoms with Gasteiger partial charge in [-0.1, -0.05) is 32.1 Å². The Hall–Kier alpha value is -2.21. The summed E-state index contributed by atoms with van der Waals surface area (Å²) in [6.45, 7) is 4.65. The highest BCUT2D eigenvalue weighted by molar-refractivity contribution is 7.13. The van der Waals surface area contributed by atoms with E-state index in [-0.39, 0.29) is 17.5 Å². The summed E-state index contributed by atoms with van der Waals surface area (Å²) in [6, 6.07) is 3.80. The molecular formula is C16H17N3O2S. The van der Waals surface area contributed by atoms with Crippen LogP contribution in [0.1, 0.15) is 24.2 Å². The predicted octanol–water partition coefficient (Wildman–Crippen LogP) is 2.54. The van der Waals surface area contributed by atoms with E-state index in [4.69, 9.17) is 0 Å². The Balaban J connectivity index is 1.89. The third-order valence-corrected chi connectivity index (χ3v) is 4.60. The average Bonchev–Trinajstić information content (AvgIpc) is 3.17. The lowest BCUT2D eigenvalue weighted by Crippen LogP contribution is -2.41. The molecule has 0 aliphatic carbocycles. The van der Waals surface area contributed by atoms with Crippen LogP contribution in [0, 0.1) is 5.92 Å². The van der Waals surface area contributed by atoms with Crippen molar-refractivity contribution in [2.24, 2.45) is 5.92 Å². The van der Waals surface area contributed by atoms with Crippen LogP contribution in [0.3, 0.4) is 0 Å². The van der Waals surface area contributed by atoms with Crippen LogP contribution >= 0.6 is 11.3 Å². The number of amides is 1. The Bertz CT molecular complexity index is 762. The van der Waals surface area contributed by atoms with Crippen molar-refractivity contribution >= 4 is 17.2 Å². The van der Waals surface area contributed by atoms with Crippen molar-refractivity contribution in [2.75, 3.05) is 6.54 Å². The summed E-state index contributed by atoms with van der Waals surface area (Å²) in [7, 11) is 0. The molecule has 0 aromatic carbocycles. The smallest absolute Gasteiger partial charge is 0.264 e. The number of H-pyrrole nitrogens is 1. The second-order valence-electron chi connectivity index (χ2n) is 5.57. The first-order valence-corrected chi connectivity index (χ1v) is 8.06. The fraction of sp³-hybridized carbons (Fsp3) is 0.312. The zero-order chi connectivity index (χ0) is 15.7. The maximum absolute atomic E-state index is 12.6. The van der Waals surface area contributed by atoms with Gasteiger partial charge in [0.25, 0.3) is 11.5 Å². The van der Waals surface area contributed by atoms with Gasteiger partial charge < -0.3 is 9.88 Å². The number of hydrogen-bond acceptors (Lipinski definition) is 4. The lowest BCUT2D eigenvalue weighted by atomic mass is 10.0. The standard InChI is InChI=1S/C16H17N3O2S/c1-10(2)12-5-3-7-19(12)16(21)11-9-17-14(18-15(11)20)13-6-4-8-22-13/h3-6,8-10,12H,7H2,1-2H3,(H,17,18,20). The van der Waals surface area contributed by atoms with Crippen molar-refractivity contribution in [3.05, 3.63) is 51.8 Å². The molecule has 0 bridgehead atoms. The summed E-state index contributed by atoms with van der Waals surface area (Å²) in [5.74, 6) is 0.534. The van der Waals surface area contributed by atoms with Gasteiger partial charge in [-0.05, 0) is 17.4 Å². The highest BCUT2D eigenvalue weighted by Crippen LogP contribution is 2.21. The van der Waals surface area contributed by atoms with Crippen LogP contribution in [-0.4, -0.2) is 33.4 Å². The fourth-order valence-electron chi connectivity index (χ4n) is 2.58. The normalized spacial score (nSPS) is 17.4. The second kappa shape index (κ2) is 5.88. The van der Waals surface area contributed by atoms with Crippen molar-refractivity contribution in [3.63, 3.8) is 0 Å². The van der Waals surface area contributed by atoms with Crippen molar-refractivity contribution in [3.8, 4) is 10.7 Å². The maximum Gasteiger partial charge on any atom is 0.264 e. The summed E-state index contributed by atoms with van der Waals surface area (Å²) in [5.41, 5.74) is -0.299. The van der Waals surface area contributed by atoms with E-state index in [0.29, 0.717) is 18.3 Å². The monoisotopic (exact) mass is 315 g/mol. The van der Waals surface area contributed by atoms with Crippen LogP contribution in [0.2, 0.25) is 0 Å². The number of hydrogen-bond donors (Lipinski definition) is 1. The molecule has 1 N–H and O–H groups in total. The molecule has 2 aromatic heterocycles. The minimum atomic E-state index is -0.391. The number of rotatable bonds is 3. The summed E-state index contributed by atoms with van der Waals surface area (Å²) in [4.78, 5) is 34.4. The Kier molecular flexibility index (Phi) is 3.94. The fourth-order valence-corrected chi connectivity index (χ4v) is 3.26. The molecular weight excluding hydrogens is 298 g/mol. The molecule has 3 rings (SSSR count). The van der Waals surface area contributed by atoms with E-state index in [2.05, 4.69) is 23.8 Å². The van der Waals surface area contributed by atoms with Crippen molar-refractivity contribution in [1.29, 1.82) is 0 Å². The van der Waals surface area contributed by atoms with Crippen LogP contribution in [0.25, 0.3) is 10.7 Å². The molecule has 0 fully saturated rings. The van der Waals surface area contributed by atoms with Gasteiger partial charge in [-0.3, -0.25) is 9.59 Å². The van der Waals surface area contributed by atoms with Crippen molar-refractivity contribution in [2.45, 2.75) is 19.9 Å². The lowest BCUT2D eigenvalue weighted by Gasteiger charge is -2.27. The molecule has 1 atom stereocenters. The lowest BCUT2D eigenvalue weighted by molar-refractivity contribution is 0.0718. The van der Waals surface area contributed by atoms with Gasteiger partial charge in [-0.15, -0.1) is 11.3 Å². The summed E-state index contributed by atoms with van der Waals surface area (Å²) >= 11 is 1.49. The van der Waals surface area contributed by atoms with Gasteiger partial charge in [0, 0.05) is 12.7 Å². The largest absolute Gasteiger partial charge is 0.328 e. The third-order valence-electron chi connectivity index (χ3n) is 3.72. The van der Waals surface area contributed by atoms with Crippen LogP contribution < -0.4 is 5.56 Å². The van der Waals surface area contributed by atoms with E-state index >= 15 is 0 Å². The predicted molar refractivity (Wildman–Crippen MR) is 87.0 cm³/mol. The molecule has 0 saturated carbocycles. The van der Waals surface area contributed by atoms with E-state index in [9.17, 15) is 9.59 Å². The Morgan fingerprint density at radius 1 is 1.50 bits per heavy atom. The molecule has 5 nitrogen and oxygen atoms in total. The number of carbonyl (C=O) groups is 1. The molecule has 0 radical (unpaired) electrons. The van der Waals surface area contributed by atoms with Gasteiger partial charge in [0.1, 0.15) is 11.4 Å². The molecule has 114 valence electrons. The second-order valence-corrected chi connectivity index (χ2v) is 6.52. The van der Waals surface area contributed by atoms with Crippen LogP contribution in [0.15, 0.2) is 40.7 Å². The van der Waals surface area contributed by atoms with Gasteiger partial charge in [-0.25, -0.2) is 4.98 Å². The van der Waals surface area contributed by atoms with Gasteiger partial charge in [0.05, 0.1) is 10.9 Å². The Morgan fingerprint density at radius 3 is 2.95 bits per heavy atom. The van der Waals surface area contributed by atoms with Crippen LogP contribution in [0.5, 0.6) is 0 Å². The van der Waals surface area contributed by atoms with Crippen LogP contribution in [-0.2, 0) is 0 Å². The summed E-state index contributed by atoms with van der Waals surface area (Å²) < 4.78 is 0. The van der Waals surface area contributed by atoms with E-state index in [1.807, 2.05) is 29.7 Å². The number of aromatic amines is 1. The minimum Gasteiger partial charge on any atom is -0.328 e. The molecule has 3 heterocycles. The molecule has 6 heteroatoms. The first-order valence-electron chi connectivity index (χ1n) is 7.18. The Labute approximate surface area is 132 Å². The molecule has 0 spiro atoms. The van der Waals surface area contributed by atoms with Crippen molar-refractivity contribution < 1.29 is 4.79 Å². The van der Waals surface area contributed by atoms with E-state index in [1.54, 1.807) is 4.90 Å². The minimum absolute atomic E-state index is 0.0314. The van der Waals surface area contributed by atoms with Gasteiger partial charge >= 0.3 is 0 Å². The number of aromatic nitrogens is 2. The molecule has 22 heavy (non-hydrogen) atoms. The van der Waals surface area contributed by atoms with Crippen LogP contribution in [0.4, 0.5) is 0 Å². The van der Waals surface area contributed by atoms with E-state index in [1.165, 1.54) is 17.5 Å². The van der Waals surface area contributed by atoms with Gasteiger partial charge in [0.2, 0.25) is 0 Å². The van der Waals surface area contributed by atoms with Crippen molar-refractivity contribution in [1.82, 2.24) is 14.9 Å². The highest BCUT2D eigenvalue weighted by Gasteiger charge is 2.29. The molecule has 1 aliphatic rings. The number of carbonyl (C=O) groups excluding carboxylic acids is 1. The quantitative estimate of drug-likeness (QED) is 0.885. The first-order chi connectivity index (χ1) is 10.6. The van der Waals surface area contributed by atoms with Gasteiger partial charge in [0.15, 0.2) is 0 Å². The zero-order valence-corrected chi connectivity index (χ0v) is 13.3. The van der Waals surface area contributed by atoms with Gasteiger partial charge in [-0.2, -0.15) is 0 Å². The first kappa shape index (κ1) is 14.7. The molecule has 1 unspecified atom stereocenters. The molecule has 1 amide bonds. The summed E-state index contributed by atoms with van der Waals surface area (Å²) in [6.07, 6.45) is 5.36. The number of nitrogens with one attached hydrogen (secondary N) is 1. The molecule has 1 aliphatic heterocycles. The number of nitrogens with zero attached hydrogens (tertiary/aromatic N) is 2. The molecule has 0 saturated heterocycles. The number of thiophene rings is 1. The topological polar surface area (TPSA) is 66.1 Å². The van der Waals surface area contributed by atoms with E-state index < -0.39 is 5.56 Å². The average molecular weight is 315 g/mol. The maximum atomic E-state index is 12.6. The zero-order valence-electron chi connectivity index (χ0n) is 12.4. The summed E-state index contributed by atoms with van der Waals surface area (Å²) in [5, 5.41) is 1.91. The third kappa shape index (κ3) is 2.62. The highest BCUT2D eigenvalue weighted by atomic mass is 32.1.